The third-order valence-corrected chi connectivity index (χ3v) is 6.41. The monoisotopic (exact) mass is 344 g/mol. The minimum Gasteiger partial charge on any atom is -0.386 e. The molecule has 0 unspecified atom stereocenters. The van der Waals surface area contributed by atoms with Crippen molar-refractivity contribution in [2.75, 3.05) is 6.26 Å². The van der Waals surface area contributed by atoms with E-state index in [4.69, 9.17) is 0 Å². The van der Waals surface area contributed by atoms with Gasteiger partial charge in [-0.3, -0.25) is 0 Å². The Morgan fingerprint density at radius 3 is 2.40 bits per heavy atom. The van der Waals surface area contributed by atoms with E-state index in [1.165, 1.54) is 18.2 Å². The highest BCUT2D eigenvalue weighted by Crippen LogP contribution is 2.28. The molecule has 1 rings (SSSR count). The molecule has 0 radical (unpaired) electrons. The summed E-state index contributed by atoms with van der Waals surface area (Å²) in [5.74, 6) is -0.602. The summed E-state index contributed by atoms with van der Waals surface area (Å²) >= 11 is 1.59. The molecule has 0 fully saturated rings. The van der Waals surface area contributed by atoms with Gasteiger partial charge in [0.15, 0.2) is 9.84 Å². The molecule has 0 amide bonds. The van der Waals surface area contributed by atoms with Crippen LogP contribution in [0.3, 0.4) is 0 Å². The van der Waals surface area contributed by atoms with Gasteiger partial charge < -0.3 is 5.11 Å². The minimum atomic E-state index is -3.40. The van der Waals surface area contributed by atoms with Gasteiger partial charge in [0.05, 0.1) is 0 Å². The van der Waals surface area contributed by atoms with E-state index in [2.05, 4.69) is 0 Å². The van der Waals surface area contributed by atoms with E-state index in [1.807, 2.05) is 0 Å². The molecule has 0 saturated heterocycles. The molecule has 15 heavy (non-hydrogen) atoms. The van der Waals surface area contributed by atoms with Gasteiger partial charge in [-0.05, 0) is 6.07 Å². The topological polar surface area (TPSA) is 54.4 Å². The molecule has 0 aliphatic heterocycles. The molecule has 1 N–H and O–H groups in total. The minimum absolute atomic E-state index is 0.00215. The molecule has 0 aliphatic rings. The lowest BCUT2D eigenvalue weighted by molar-refractivity contribution is 0.192. The Bertz CT molecular complexity index is 446. The highest BCUT2D eigenvalue weighted by molar-refractivity contribution is 14.1. The average molecular weight is 344 g/mol. The van der Waals surface area contributed by atoms with Crippen molar-refractivity contribution >= 4 is 32.4 Å². The zero-order valence-corrected chi connectivity index (χ0v) is 10.9. The van der Waals surface area contributed by atoms with Crippen LogP contribution in [0.4, 0.5) is 4.39 Å². The summed E-state index contributed by atoms with van der Waals surface area (Å²) in [6.45, 7) is 0. The second kappa shape index (κ2) is 4.75. The van der Waals surface area contributed by atoms with Crippen molar-refractivity contribution in [3.05, 3.63) is 35.6 Å². The van der Waals surface area contributed by atoms with Crippen LogP contribution < -0.4 is 0 Å². The summed E-state index contributed by atoms with van der Waals surface area (Å²) in [5.41, 5.74) is 0.00215. The van der Waals surface area contributed by atoms with Crippen LogP contribution >= 0.6 is 22.6 Å². The zero-order chi connectivity index (χ0) is 11.6. The van der Waals surface area contributed by atoms with Crippen LogP contribution in [-0.4, -0.2) is 23.0 Å². The molecular weight excluding hydrogens is 334 g/mol. The molecule has 0 aliphatic carbocycles. The number of alkyl halides is 1. The number of rotatable bonds is 3. The van der Waals surface area contributed by atoms with E-state index in [-0.39, 0.29) is 5.56 Å². The van der Waals surface area contributed by atoms with E-state index in [9.17, 15) is 17.9 Å². The number of benzene rings is 1. The van der Waals surface area contributed by atoms with Gasteiger partial charge in [-0.25, -0.2) is 12.8 Å². The van der Waals surface area contributed by atoms with Gasteiger partial charge >= 0.3 is 0 Å². The van der Waals surface area contributed by atoms with E-state index < -0.39 is 25.0 Å². The van der Waals surface area contributed by atoms with Gasteiger partial charge in [0.25, 0.3) is 0 Å². The maximum Gasteiger partial charge on any atom is 0.162 e. The lowest BCUT2D eigenvalue weighted by Gasteiger charge is -2.16. The molecule has 6 heteroatoms. The molecule has 1 aromatic carbocycles. The number of sulfone groups is 1. The van der Waals surface area contributed by atoms with Crippen LogP contribution in [0.2, 0.25) is 0 Å². The van der Waals surface area contributed by atoms with Crippen molar-refractivity contribution in [1.82, 2.24) is 0 Å². The van der Waals surface area contributed by atoms with Gasteiger partial charge in [0.2, 0.25) is 0 Å². The molecule has 1 aromatic rings. The second-order valence-corrected chi connectivity index (χ2v) is 7.50. The molecule has 0 aromatic heterocycles. The van der Waals surface area contributed by atoms with Gasteiger partial charge in [0, 0.05) is 11.8 Å². The van der Waals surface area contributed by atoms with Crippen molar-refractivity contribution in [2.45, 2.75) is 9.36 Å². The highest BCUT2D eigenvalue weighted by atomic mass is 127. The van der Waals surface area contributed by atoms with E-state index in [0.717, 1.165) is 6.26 Å². The highest BCUT2D eigenvalue weighted by Gasteiger charge is 2.28. The van der Waals surface area contributed by atoms with Gasteiger partial charge in [0.1, 0.15) is 15.2 Å². The van der Waals surface area contributed by atoms with Gasteiger partial charge in [-0.2, -0.15) is 0 Å². The normalized spacial score (nSPS) is 16.0. The summed E-state index contributed by atoms with van der Waals surface area (Å²) in [7, 11) is -3.40. The first kappa shape index (κ1) is 12.9. The molecule has 2 atom stereocenters. The number of hydrogen-bond acceptors (Lipinski definition) is 3. The van der Waals surface area contributed by atoms with Crippen molar-refractivity contribution in [3.8, 4) is 0 Å². The Hall–Kier alpha value is -0.210. The Morgan fingerprint density at radius 2 is 1.93 bits per heavy atom. The predicted octanol–water partition coefficient (Wildman–Crippen LogP) is 1.66. The Labute approximate surface area is 101 Å². The third kappa shape index (κ3) is 3.12. The van der Waals surface area contributed by atoms with Crippen molar-refractivity contribution in [3.63, 3.8) is 0 Å². The van der Waals surface area contributed by atoms with E-state index >= 15 is 0 Å². The molecule has 0 saturated carbocycles. The standard InChI is InChI=1S/C9H10FIO3S/c1-15(13,14)9(11)8(12)6-4-2-3-5-7(6)10/h2-5,8-9,12H,1H3/t8-,9+/m1/s1. The molecular formula is C9H10FIO3S. The molecule has 0 bridgehead atoms. The number of hydrogen-bond donors (Lipinski definition) is 1. The summed E-state index contributed by atoms with van der Waals surface area (Å²) in [6.07, 6.45) is -0.337. The first-order valence-electron chi connectivity index (χ1n) is 4.09. The van der Waals surface area contributed by atoms with E-state index in [0.29, 0.717) is 0 Å². The summed E-state index contributed by atoms with van der Waals surface area (Å²) in [5, 5.41) is 9.68. The quantitative estimate of drug-likeness (QED) is 0.670. The number of halogens is 2. The Balaban J connectivity index is 3.06. The fourth-order valence-corrected chi connectivity index (χ4v) is 2.09. The molecule has 84 valence electrons. The average Bonchev–Trinajstić information content (AvgIpc) is 2.15. The van der Waals surface area contributed by atoms with Crippen molar-refractivity contribution in [2.24, 2.45) is 0 Å². The lowest BCUT2D eigenvalue weighted by Crippen LogP contribution is -2.22. The maximum atomic E-state index is 13.2. The van der Waals surface area contributed by atoms with Crippen molar-refractivity contribution < 1.29 is 17.9 Å². The lowest BCUT2D eigenvalue weighted by atomic mass is 10.1. The van der Waals surface area contributed by atoms with Gasteiger partial charge in [-0.15, -0.1) is 0 Å². The molecule has 0 spiro atoms. The fraction of sp³-hybridized carbons (Fsp3) is 0.333. The van der Waals surface area contributed by atoms with Crippen molar-refractivity contribution in [1.29, 1.82) is 0 Å². The first-order chi connectivity index (χ1) is 6.84. The third-order valence-electron chi connectivity index (χ3n) is 1.88. The smallest absolute Gasteiger partial charge is 0.162 e. The van der Waals surface area contributed by atoms with Crippen LogP contribution in [-0.2, 0) is 9.84 Å². The first-order valence-corrected chi connectivity index (χ1v) is 7.29. The van der Waals surface area contributed by atoms with Crippen LogP contribution in [0, 0.1) is 5.82 Å². The van der Waals surface area contributed by atoms with Gasteiger partial charge in [-0.1, -0.05) is 40.8 Å². The molecule has 3 nitrogen and oxygen atoms in total. The number of aliphatic hydroxyl groups is 1. The predicted molar refractivity (Wildman–Crippen MR) is 64.0 cm³/mol. The van der Waals surface area contributed by atoms with Crippen LogP contribution in [0.15, 0.2) is 24.3 Å². The van der Waals surface area contributed by atoms with E-state index in [1.54, 1.807) is 28.7 Å². The van der Waals surface area contributed by atoms with Crippen LogP contribution in [0.1, 0.15) is 11.7 Å². The number of aliphatic hydroxyl groups excluding tert-OH is 1. The summed E-state index contributed by atoms with van der Waals surface area (Å²) in [4.78, 5) is 0. The second-order valence-electron chi connectivity index (χ2n) is 3.15. The SMILES string of the molecule is CS(=O)(=O)[C@H](I)[C@H](O)c1ccccc1F. The van der Waals surface area contributed by atoms with Crippen LogP contribution in [0.25, 0.3) is 0 Å². The zero-order valence-electron chi connectivity index (χ0n) is 7.89. The summed E-state index contributed by atoms with van der Waals surface area (Å²) in [6, 6.07) is 5.59. The fourth-order valence-electron chi connectivity index (χ4n) is 1.09. The van der Waals surface area contributed by atoms with Crippen LogP contribution in [0.5, 0.6) is 0 Å². The Morgan fingerprint density at radius 1 is 1.40 bits per heavy atom. The largest absolute Gasteiger partial charge is 0.386 e. The maximum absolute atomic E-state index is 13.2. The molecule has 0 heterocycles. The Kier molecular flexibility index (Phi) is 4.07. The summed E-state index contributed by atoms with van der Waals surface area (Å²) < 4.78 is 34.5.